The fraction of sp³-hybridized carbons (Fsp3) is 0.500. The molecule has 0 saturated heterocycles. The second kappa shape index (κ2) is 6.39. The summed E-state index contributed by atoms with van der Waals surface area (Å²) >= 11 is 3.15. The Bertz CT molecular complexity index is 458. The molecule has 1 atom stereocenters. The largest absolute Gasteiger partial charge is 0.507 e. The zero-order chi connectivity index (χ0) is 14.6. The van der Waals surface area contributed by atoms with Crippen LogP contribution in [0.25, 0.3) is 0 Å². The van der Waals surface area contributed by atoms with Crippen molar-refractivity contribution in [2.45, 2.75) is 32.8 Å². The molecule has 0 heterocycles. The zero-order valence-corrected chi connectivity index (χ0v) is 13.0. The van der Waals surface area contributed by atoms with E-state index in [4.69, 9.17) is 0 Å². The van der Waals surface area contributed by atoms with Crippen LogP contribution in [0.3, 0.4) is 0 Å². The molecule has 1 aromatic rings. The van der Waals surface area contributed by atoms with Gasteiger partial charge in [-0.15, -0.1) is 0 Å². The van der Waals surface area contributed by atoms with Crippen LogP contribution in [0.2, 0.25) is 0 Å². The Balaban J connectivity index is 2.62. The summed E-state index contributed by atoms with van der Waals surface area (Å²) in [6, 6.07) is 4.60. The van der Waals surface area contributed by atoms with Gasteiger partial charge in [0.15, 0.2) is 0 Å². The maximum absolute atomic E-state index is 11.9. The van der Waals surface area contributed by atoms with Gasteiger partial charge in [0.05, 0.1) is 10.1 Å². The number of hydrogen-bond donors (Lipinski definition) is 3. The van der Waals surface area contributed by atoms with Crippen LogP contribution in [-0.4, -0.2) is 28.3 Å². The van der Waals surface area contributed by atoms with Crippen LogP contribution in [0.1, 0.15) is 37.6 Å². The Morgan fingerprint density at radius 3 is 2.63 bits per heavy atom. The average molecular weight is 330 g/mol. The minimum absolute atomic E-state index is 0.0154. The Hall–Kier alpha value is -1.07. The molecule has 1 aromatic carbocycles. The van der Waals surface area contributed by atoms with Gasteiger partial charge < -0.3 is 15.5 Å². The van der Waals surface area contributed by atoms with Crippen molar-refractivity contribution in [3.05, 3.63) is 28.2 Å². The first-order valence-corrected chi connectivity index (χ1v) is 6.99. The Kier molecular flexibility index (Phi) is 5.38. The molecule has 0 bridgehead atoms. The van der Waals surface area contributed by atoms with Crippen molar-refractivity contribution in [2.75, 3.05) is 6.54 Å². The molecule has 0 radical (unpaired) electrons. The predicted molar refractivity (Wildman–Crippen MR) is 78.2 cm³/mol. The van der Waals surface area contributed by atoms with E-state index in [1.807, 2.05) is 13.8 Å². The quantitative estimate of drug-likeness (QED) is 0.777. The molecule has 0 aliphatic rings. The maximum Gasteiger partial charge on any atom is 0.251 e. The van der Waals surface area contributed by atoms with Crippen LogP contribution in [-0.2, 0) is 0 Å². The lowest BCUT2D eigenvalue weighted by Gasteiger charge is -2.25. The molecule has 4 nitrogen and oxygen atoms in total. The number of halogens is 1. The molecular formula is C14H20BrNO3. The Morgan fingerprint density at radius 2 is 2.11 bits per heavy atom. The third kappa shape index (κ3) is 5.20. The van der Waals surface area contributed by atoms with E-state index in [1.54, 1.807) is 19.1 Å². The van der Waals surface area contributed by atoms with Gasteiger partial charge in [-0.3, -0.25) is 4.79 Å². The molecule has 0 spiro atoms. The third-order valence-electron chi connectivity index (χ3n) is 2.69. The lowest BCUT2D eigenvalue weighted by Crippen LogP contribution is -2.41. The van der Waals surface area contributed by atoms with Gasteiger partial charge >= 0.3 is 0 Å². The summed E-state index contributed by atoms with van der Waals surface area (Å²) in [7, 11) is 0. The summed E-state index contributed by atoms with van der Waals surface area (Å²) in [5.74, 6) is 0.0528. The molecule has 1 amide bonds. The van der Waals surface area contributed by atoms with Crippen LogP contribution in [0, 0.1) is 5.92 Å². The van der Waals surface area contributed by atoms with E-state index in [0.29, 0.717) is 22.4 Å². The molecule has 0 saturated carbocycles. The molecule has 3 N–H and O–H groups in total. The second-order valence-electron chi connectivity index (χ2n) is 5.44. The Morgan fingerprint density at radius 1 is 1.47 bits per heavy atom. The lowest BCUT2D eigenvalue weighted by molar-refractivity contribution is 0.0368. The van der Waals surface area contributed by atoms with Crippen molar-refractivity contribution < 1.29 is 15.0 Å². The molecule has 1 rings (SSSR count). The summed E-state index contributed by atoms with van der Waals surface area (Å²) in [4.78, 5) is 11.9. The highest BCUT2D eigenvalue weighted by molar-refractivity contribution is 9.10. The van der Waals surface area contributed by atoms with E-state index < -0.39 is 5.60 Å². The lowest BCUT2D eigenvalue weighted by atomic mass is 9.94. The summed E-state index contributed by atoms with van der Waals surface area (Å²) in [6.07, 6.45) is 0.610. The summed E-state index contributed by atoms with van der Waals surface area (Å²) in [5, 5.41) is 22.3. The predicted octanol–water partition coefficient (Wildman–Crippen LogP) is 2.68. The van der Waals surface area contributed by atoms with Crippen LogP contribution in [0.4, 0.5) is 0 Å². The number of aliphatic hydroxyl groups is 1. The minimum atomic E-state index is -0.929. The van der Waals surface area contributed by atoms with Crippen molar-refractivity contribution in [1.82, 2.24) is 5.32 Å². The molecule has 0 fully saturated rings. The fourth-order valence-corrected chi connectivity index (χ4v) is 2.22. The normalized spacial score (nSPS) is 14.2. The number of hydrogen-bond acceptors (Lipinski definition) is 3. The first kappa shape index (κ1) is 16.0. The SMILES string of the molecule is CC(C)CC(C)(O)CNC(=O)c1ccc(Br)c(O)c1. The van der Waals surface area contributed by atoms with E-state index in [1.165, 1.54) is 6.07 Å². The molecule has 106 valence electrons. The highest BCUT2D eigenvalue weighted by Crippen LogP contribution is 2.24. The standard InChI is InChI=1S/C14H20BrNO3/c1-9(2)7-14(3,19)8-16-13(18)10-4-5-11(15)12(17)6-10/h4-6,9,17,19H,7-8H2,1-3H3,(H,16,18). The van der Waals surface area contributed by atoms with Gasteiger partial charge in [-0.2, -0.15) is 0 Å². The van der Waals surface area contributed by atoms with E-state index in [2.05, 4.69) is 21.2 Å². The van der Waals surface area contributed by atoms with Crippen molar-refractivity contribution in [2.24, 2.45) is 5.92 Å². The highest BCUT2D eigenvalue weighted by atomic mass is 79.9. The number of carbonyl (C=O) groups excluding carboxylic acids is 1. The summed E-state index contributed by atoms with van der Waals surface area (Å²) < 4.78 is 0.538. The Labute approximate surface area is 122 Å². The first-order chi connectivity index (χ1) is 8.71. The van der Waals surface area contributed by atoms with Crippen LogP contribution in [0.5, 0.6) is 5.75 Å². The highest BCUT2D eigenvalue weighted by Gasteiger charge is 2.22. The smallest absolute Gasteiger partial charge is 0.251 e. The summed E-state index contributed by atoms with van der Waals surface area (Å²) in [6.45, 7) is 5.92. The van der Waals surface area contributed by atoms with Crippen molar-refractivity contribution in [1.29, 1.82) is 0 Å². The molecule has 1 unspecified atom stereocenters. The second-order valence-corrected chi connectivity index (χ2v) is 6.30. The van der Waals surface area contributed by atoms with Gasteiger partial charge in [0, 0.05) is 12.1 Å². The number of amides is 1. The van der Waals surface area contributed by atoms with E-state index in [-0.39, 0.29) is 18.2 Å². The van der Waals surface area contributed by atoms with Gasteiger partial charge in [-0.25, -0.2) is 0 Å². The van der Waals surface area contributed by atoms with Gasteiger partial charge in [0.25, 0.3) is 5.91 Å². The first-order valence-electron chi connectivity index (χ1n) is 6.20. The third-order valence-corrected chi connectivity index (χ3v) is 3.36. The van der Waals surface area contributed by atoms with E-state index >= 15 is 0 Å². The van der Waals surface area contributed by atoms with Crippen LogP contribution < -0.4 is 5.32 Å². The van der Waals surface area contributed by atoms with Crippen molar-refractivity contribution in [3.8, 4) is 5.75 Å². The number of phenolic OH excluding ortho intramolecular Hbond substituents is 1. The van der Waals surface area contributed by atoms with E-state index in [9.17, 15) is 15.0 Å². The monoisotopic (exact) mass is 329 g/mol. The van der Waals surface area contributed by atoms with Gasteiger partial charge in [0.2, 0.25) is 0 Å². The number of benzene rings is 1. The van der Waals surface area contributed by atoms with Gasteiger partial charge in [-0.05, 0) is 53.4 Å². The number of rotatable bonds is 5. The number of nitrogens with one attached hydrogen (secondary N) is 1. The number of carbonyl (C=O) groups is 1. The number of phenols is 1. The molecule has 5 heteroatoms. The van der Waals surface area contributed by atoms with Crippen molar-refractivity contribution >= 4 is 21.8 Å². The summed E-state index contributed by atoms with van der Waals surface area (Å²) in [5.41, 5.74) is -0.567. The van der Waals surface area contributed by atoms with Gasteiger partial charge in [-0.1, -0.05) is 13.8 Å². The molecular weight excluding hydrogens is 310 g/mol. The zero-order valence-electron chi connectivity index (χ0n) is 11.4. The van der Waals surface area contributed by atoms with Crippen molar-refractivity contribution in [3.63, 3.8) is 0 Å². The topological polar surface area (TPSA) is 69.6 Å². The van der Waals surface area contributed by atoms with Crippen LogP contribution in [0.15, 0.2) is 22.7 Å². The number of aromatic hydroxyl groups is 1. The minimum Gasteiger partial charge on any atom is -0.507 e. The molecule has 19 heavy (non-hydrogen) atoms. The van der Waals surface area contributed by atoms with E-state index in [0.717, 1.165) is 0 Å². The molecule has 0 aliphatic heterocycles. The average Bonchev–Trinajstić information content (AvgIpc) is 2.28. The fourth-order valence-electron chi connectivity index (χ4n) is 1.98. The molecule has 0 aliphatic carbocycles. The van der Waals surface area contributed by atoms with Crippen LogP contribution >= 0.6 is 15.9 Å². The van der Waals surface area contributed by atoms with Gasteiger partial charge in [0.1, 0.15) is 5.75 Å². The molecule has 0 aromatic heterocycles. The maximum atomic E-state index is 11.9.